The zero-order chi connectivity index (χ0) is 12.1. The van der Waals surface area contributed by atoms with Crippen molar-refractivity contribution in [2.45, 2.75) is 70.1 Å². The van der Waals surface area contributed by atoms with Crippen LogP contribution in [0.3, 0.4) is 0 Å². The van der Waals surface area contributed by atoms with E-state index in [4.69, 9.17) is 9.47 Å². The highest BCUT2D eigenvalue weighted by Crippen LogP contribution is 2.29. The molecule has 0 aromatic rings. The minimum atomic E-state index is 0.0684. The molecule has 2 unspecified atom stereocenters. The maximum absolute atomic E-state index is 5.90. The molecule has 0 spiro atoms. The predicted molar refractivity (Wildman–Crippen MR) is 69.3 cm³/mol. The van der Waals surface area contributed by atoms with E-state index in [1.54, 1.807) is 0 Å². The van der Waals surface area contributed by atoms with Crippen LogP contribution in [0.15, 0.2) is 0 Å². The summed E-state index contributed by atoms with van der Waals surface area (Å²) in [5, 5.41) is 3.55. The van der Waals surface area contributed by atoms with E-state index in [1.165, 1.54) is 25.8 Å². The van der Waals surface area contributed by atoms with Gasteiger partial charge in [-0.15, -0.1) is 0 Å². The Morgan fingerprint density at radius 2 is 2.18 bits per heavy atom. The second-order valence-electron chi connectivity index (χ2n) is 6.05. The largest absolute Gasteiger partial charge is 0.379 e. The van der Waals surface area contributed by atoms with Crippen LogP contribution in [0.4, 0.5) is 0 Å². The SMILES string of the molecule is CC1(C)CCC(COCCC2CCCCN2)O1. The third-order valence-electron chi connectivity index (χ3n) is 3.88. The minimum Gasteiger partial charge on any atom is -0.379 e. The molecule has 3 nitrogen and oxygen atoms in total. The van der Waals surface area contributed by atoms with Crippen molar-refractivity contribution >= 4 is 0 Å². The Balaban J connectivity index is 1.51. The molecule has 1 N–H and O–H groups in total. The minimum absolute atomic E-state index is 0.0684. The van der Waals surface area contributed by atoms with Crippen molar-refractivity contribution in [3.05, 3.63) is 0 Å². The van der Waals surface area contributed by atoms with Crippen molar-refractivity contribution in [3.8, 4) is 0 Å². The van der Waals surface area contributed by atoms with Gasteiger partial charge in [0.05, 0.1) is 18.3 Å². The highest BCUT2D eigenvalue weighted by Gasteiger charge is 2.31. The molecule has 2 fully saturated rings. The Labute approximate surface area is 105 Å². The van der Waals surface area contributed by atoms with Gasteiger partial charge >= 0.3 is 0 Å². The Hall–Kier alpha value is -0.120. The highest BCUT2D eigenvalue weighted by molar-refractivity contribution is 4.80. The summed E-state index contributed by atoms with van der Waals surface area (Å²) in [6, 6.07) is 0.685. The molecule has 0 aliphatic carbocycles. The first-order chi connectivity index (χ1) is 8.16. The van der Waals surface area contributed by atoms with Crippen molar-refractivity contribution in [3.63, 3.8) is 0 Å². The normalized spacial score (nSPS) is 32.8. The van der Waals surface area contributed by atoms with Crippen LogP contribution in [0.25, 0.3) is 0 Å². The molecule has 0 radical (unpaired) electrons. The molecule has 100 valence electrons. The molecule has 2 aliphatic rings. The fraction of sp³-hybridized carbons (Fsp3) is 1.00. The molecule has 2 rings (SSSR count). The van der Waals surface area contributed by atoms with Gasteiger partial charge in [-0.05, 0) is 52.5 Å². The molecule has 0 aromatic carbocycles. The molecule has 3 heteroatoms. The summed E-state index contributed by atoms with van der Waals surface area (Å²) in [5.74, 6) is 0. The molecule has 0 bridgehead atoms. The summed E-state index contributed by atoms with van der Waals surface area (Å²) in [6.45, 7) is 7.16. The van der Waals surface area contributed by atoms with E-state index in [0.29, 0.717) is 12.1 Å². The Bertz CT molecular complexity index is 224. The lowest BCUT2D eigenvalue weighted by atomic mass is 10.0. The summed E-state index contributed by atoms with van der Waals surface area (Å²) < 4.78 is 11.6. The monoisotopic (exact) mass is 241 g/mol. The van der Waals surface area contributed by atoms with E-state index in [2.05, 4.69) is 19.2 Å². The Morgan fingerprint density at radius 1 is 1.29 bits per heavy atom. The molecular weight excluding hydrogens is 214 g/mol. The van der Waals surface area contributed by atoms with Gasteiger partial charge in [0.2, 0.25) is 0 Å². The number of nitrogens with one attached hydrogen (secondary N) is 1. The van der Waals surface area contributed by atoms with E-state index < -0.39 is 0 Å². The van der Waals surface area contributed by atoms with Crippen molar-refractivity contribution < 1.29 is 9.47 Å². The van der Waals surface area contributed by atoms with Crippen LogP contribution in [-0.4, -0.2) is 37.5 Å². The number of rotatable bonds is 5. The topological polar surface area (TPSA) is 30.5 Å². The highest BCUT2D eigenvalue weighted by atomic mass is 16.5. The molecule has 0 aromatic heterocycles. The molecule has 0 saturated carbocycles. The van der Waals surface area contributed by atoms with Gasteiger partial charge in [-0.25, -0.2) is 0 Å². The third kappa shape index (κ3) is 4.57. The number of hydrogen-bond donors (Lipinski definition) is 1. The van der Waals surface area contributed by atoms with Crippen LogP contribution in [0, 0.1) is 0 Å². The molecular formula is C14H27NO2. The summed E-state index contributed by atoms with van der Waals surface area (Å²) >= 11 is 0. The fourth-order valence-corrected chi connectivity index (χ4v) is 2.81. The van der Waals surface area contributed by atoms with Gasteiger partial charge in [-0.1, -0.05) is 6.42 Å². The quantitative estimate of drug-likeness (QED) is 0.750. The van der Waals surface area contributed by atoms with Crippen LogP contribution in [0.1, 0.15) is 52.4 Å². The first-order valence-corrected chi connectivity index (χ1v) is 7.15. The van der Waals surface area contributed by atoms with Crippen molar-refractivity contribution in [1.29, 1.82) is 0 Å². The van der Waals surface area contributed by atoms with E-state index in [1.807, 2.05) is 0 Å². The zero-order valence-electron chi connectivity index (χ0n) is 11.3. The number of hydrogen-bond acceptors (Lipinski definition) is 3. The molecule has 17 heavy (non-hydrogen) atoms. The van der Waals surface area contributed by atoms with E-state index >= 15 is 0 Å². The van der Waals surface area contributed by atoms with Crippen LogP contribution in [0.5, 0.6) is 0 Å². The van der Waals surface area contributed by atoms with Gasteiger partial charge in [0, 0.05) is 12.6 Å². The second-order valence-corrected chi connectivity index (χ2v) is 6.05. The van der Waals surface area contributed by atoms with Crippen molar-refractivity contribution in [2.75, 3.05) is 19.8 Å². The van der Waals surface area contributed by atoms with Gasteiger partial charge < -0.3 is 14.8 Å². The standard InChI is InChI=1S/C14H27NO2/c1-14(2)8-6-13(17-14)11-16-10-7-12-5-3-4-9-15-12/h12-13,15H,3-11H2,1-2H3. The summed E-state index contributed by atoms with van der Waals surface area (Å²) in [7, 11) is 0. The summed E-state index contributed by atoms with van der Waals surface area (Å²) in [5.41, 5.74) is 0.0684. The fourth-order valence-electron chi connectivity index (χ4n) is 2.81. The summed E-state index contributed by atoms with van der Waals surface area (Å²) in [6.07, 6.45) is 7.80. The van der Waals surface area contributed by atoms with Crippen LogP contribution < -0.4 is 5.32 Å². The van der Waals surface area contributed by atoms with Gasteiger partial charge in [-0.3, -0.25) is 0 Å². The Morgan fingerprint density at radius 3 is 2.82 bits per heavy atom. The van der Waals surface area contributed by atoms with Crippen molar-refractivity contribution in [2.24, 2.45) is 0 Å². The first kappa shape index (κ1) is 13.3. The van der Waals surface area contributed by atoms with E-state index in [9.17, 15) is 0 Å². The predicted octanol–water partition coefficient (Wildman–Crippen LogP) is 2.49. The average Bonchev–Trinajstić information content (AvgIpc) is 2.66. The second kappa shape index (κ2) is 6.17. The molecule has 2 aliphatic heterocycles. The van der Waals surface area contributed by atoms with Crippen LogP contribution in [0.2, 0.25) is 0 Å². The molecule has 0 amide bonds. The summed E-state index contributed by atoms with van der Waals surface area (Å²) in [4.78, 5) is 0. The van der Waals surface area contributed by atoms with Crippen LogP contribution in [-0.2, 0) is 9.47 Å². The van der Waals surface area contributed by atoms with E-state index in [-0.39, 0.29) is 5.60 Å². The van der Waals surface area contributed by atoms with Crippen molar-refractivity contribution in [1.82, 2.24) is 5.32 Å². The number of piperidine rings is 1. The maximum Gasteiger partial charge on any atom is 0.0816 e. The molecule has 2 atom stereocenters. The lowest BCUT2D eigenvalue weighted by Crippen LogP contribution is -2.35. The lowest BCUT2D eigenvalue weighted by molar-refractivity contribution is -0.0542. The van der Waals surface area contributed by atoms with Crippen LogP contribution >= 0.6 is 0 Å². The van der Waals surface area contributed by atoms with Gasteiger partial charge in [0.1, 0.15) is 0 Å². The first-order valence-electron chi connectivity index (χ1n) is 7.15. The third-order valence-corrected chi connectivity index (χ3v) is 3.88. The maximum atomic E-state index is 5.90. The van der Waals surface area contributed by atoms with Gasteiger partial charge in [-0.2, -0.15) is 0 Å². The van der Waals surface area contributed by atoms with Gasteiger partial charge in [0.15, 0.2) is 0 Å². The molecule has 2 heterocycles. The zero-order valence-corrected chi connectivity index (χ0v) is 11.3. The average molecular weight is 241 g/mol. The smallest absolute Gasteiger partial charge is 0.0816 e. The van der Waals surface area contributed by atoms with E-state index in [0.717, 1.165) is 32.5 Å². The lowest BCUT2D eigenvalue weighted by Gasteiger charge is -2.23. The molecule has 2 saturated heterocycles. The van der Waals surface area contributed by atoms with Gasteiger partial charge in [0.25, 0.3) is 0 Å². The Kier molecular flexibility index (Phi) is 4.83. The number of ether oxygens (including phenoxy) is 2.